The van der Waals surface area contributed by atoms with Crippen LogP contribution in [0.4, 0.5) is 8.78 Å². The molecule has 1 fully saturated rings. The van der Waals surface area contributed by atoms with Crippen LogP contribution in [-0.2, 0) is 5.41 Å². The molecule has 128 valence electrons. The normalized spacial score (nSPS) is 19.2. The fourth-order valence-corrected chi connectivity index (χ4v) is 3.78. The van der Waals surface area contributed by atoms with Crippen molar-refractivity contribution in [3.63, 3.8) is 0 Å². The summed E-state index contributed by atoms with van der Waals surface area (Å²) >= 11 is 0. The van der Waals surface area contributed by atoms with Crippen molar-refractivity contribution < 1.29 is 8.78 Å². The van der Waals surface area contributed by atoms with Gasteiger partial charge in [-0.05, 0) is 44.5 Å². The van der Waals surface area contributed by atoms with Gasteiger partial charge in [0.1, 0.15) is 11.6 Å². The summed E-state index contributed by atoms with van der Waals surface area (Å²) < 4.78 is 27.2. The second-order valence-electron chi connectivity index (χ2n) is 6.73. The van der Waals surface area contributed by atoms with Gasteiger partial charge in [-0.15, -0.1) is 0 Å². The van der Waals surface area contributed by atoms with Crippen molar-refractivity contribution in [1.29, 1.82) is 0 Å². The van der Waals surface area contributed by atoms with E-state index < -0.39 is 11.6 Å². The Morgan fingerprint density at radius 1 is 1.08 bits per heavy atom. The zero-order valence-electron chi connectivity index (χ0n) is 14.0. The first kappa shape index (κ1) is 17.1. The van der Waals surface area contributed by atoms with Crippen LogP contribution in [0.3, 0.4) is 0 Å². The van der Waals surface area contributed by atoms with Crippen LogP contribution in [-0.4, -0.2) is 24.5 Å². The van der Waals surface area contributed by atoms with Crippen LogP contribution in [0.15, 0.2) is 48.5 Å². The Morgan fingerprint density at radius 2 is 1.75 bits per heavy atom. The molecule has 0 radical (unpaired) electrons. The number of likely N-dealkylation sites (tertiary alicyclic amines) is 1. The summed E-state index contributed by atoms with van der Waals surface area (Å²) in [6.45, 7) is 4.30. The summed E-state index contributed by atoms with van der Waals surface area (Å²) in [4.78, 5) is 2.26. The van der Waals surface area contributed by atoms with Gasteiger partial charge in [0, 0.05) is 29.6 Å². The van der Waals surface area contributed by atoms with E-state index in [1.165, 1.54) is 11.6 Å². The number of benzene rings is 2. The molecular formula is C20H24F2N2. The minimum Gasteiger partial charge on any atom is -0.330 e. The average Bonchev–Trinajstić information content (AvgIpc) is 2.62. The maximum atomic E-state index is 14.1. The van der Waals surface area contributed by atoms with Gasteiger partial charge in [0.2, 0.25) is 0 Å². The Kier molecular flexibility index (Phi) is 4.97. The Balaban J connectivity index is 1.74. The predicted octanol–water partition coefficient (Wildman–Crippen LogP) is 4.02. The molecule has 1 aliphatic heterocycles. The van der Waals surface area contributed by atoms with Crippen LogP contribution in [0.1, 0.15) is 36.9 Å². The van der Waals surface area contributed by atoms with Crippen molar-refractivity contribution in [2.75, 3.05) is 19.6 Å². The molecule has 2 N–H and O–H groups in total. The summed E-state index contributed by atoms with van der Waals surface area (Å²) in [5.41, 5.74) is 7.96. The highest BCUT2D eigenvalue weighted by Crippen LogP contribution is 2.37. The van der Waals surface area contributed by atoms with Gasteiger partial charge >= 0.3 is 0 Å². The molecule has 0 spiro atoms. The van der Waals surface area contributed by atoms with Crippen LogP contribution >= 0.6 is 0 Å². The highest BCUT2D eigenvalue weighted by Gasteiger charge is 2.36. The third-order valence-corrected chi connectivity index (χ3v) is 5.49. The number of rotatable bonds is 4. The smallest absolute Gasteiger partial charge is 0.130 e. The zero-order chi connectivity index (χ0) is 17.2. The maximum Gasteiger partial charge on any atom is 0.130 e. The third kappa shape index (κ3) is 3.21. The van der Waals surface area contributed by atoms with Crippen LogP contribution in [0.5, 0.6) is 0 Å². The molecule has 0 aromatic heterocycles. The number of piperidine rings is 1. The fourth-order valence-electron chi connectivity index (χ4n) is 3.78. The van der Waals surface area contributed by atoms with Crippen LogP contribution in [0.2, 0.25) is 0 Å². The molecule has 1 saturated heterocycles. The monoisotopic (exact) mass is 330 g/mol. The number of hydrogen-bond acceptors (Lipinski definition) is 2. The second kappa shape index (κ2) is 6.99. The van der Waals surface area contributed by atoms with E-state index >= 15 is 0 Å². The standard InChI is InChI=1S/C20H24F2N2/c1-15(18-8-7-17(21)13-19(18)22)24-11-9-20(14-23,10-12-24)16-5-3-2-4-6-16/h2-8,13,15H,9-12,14,23H2,1H3. The molecule has 1 unspecified atom stereocenters. The van der Waals surface area contributed by atoms with E-state index in [0.29, 0.717) is 12.1 Å². The Bertz CT molecular complexity index is 679. The van der Waals surface area contributed by atoms with Crippen molar-refractivity contribution in [1.82, 2.24) is 4.90 Å². The minimum atomic E-state index is -0.534. The molecule has 4 heteroatoms. The maximum absolute atomic E-state index is 14.1. The first-order valence-corrected chi connectivity index (χ1v) is 8.50. The molecular weight excluding hydrogens is 306 g/mol. The molecule has 1 atom stereocenters. The molecule has 2 aromatic carbocycles. The molecule has 3 rings (SSSR count). The highest BCUT2D eigenvalue weighted by molar-refractivity contribution is 5.27. The van der Waals surface area contributed by atoms with E-state index in [9.17, 15) is 8.78 Å². The average molecular weight is 330 g/mol. The van der Waals surface area contributed by atoms with Gasteiger partial charge in [-0.2, -0.15) is 0 Å². The van der Waals surface area contributed by atoms with E-state index in [1.54, 1.807) is 6.07 Å². The third-order valence-electron chi connectivity index (χ3n) is 5.49. The molecule has 2 aromatic rings. The lowest BCUT2D eigenvalue weighted by molar-refractivity contribution is 0.122. The summed E-state index contributed by atoms with van der Waals surface area (Å²) in [6.07, 6.45) is 1.89. The lowest BCUT2D eigenvalue weighted by atomic mass is 9.72. The molecule has 2 nitrogen and oxygen atoms in total. The Hall–Kier alpha value is -1.78. The molecule has 0 aliphatic carbocycles. The summed E-state index contributed by atoms with van der Waals surface area (Å²) in [7, 11) is 0. The van der Waals surface area contributed by atoms with Gasteiger partial charge in [0.05, 0.1) is 0 Å². The summed E-state index contributed by atoms with van der Waals surface area (Å²) in [6, 6.07) is 14.2. The van der Waals surface area contributed by atoms with Gasteiger partial charge in [0.15, 0.2) is 0 Å². The Morgan fingerprint density at radius 3 is 2.33 bits per heavy atom. The van der Waals surface area contributed by atoms with Crippen LogP contribution in [0, 0.1) is 11.6 Å². The molecule has 0 amide bonds. The van der Waals surface area contributed by atoms with Gasteiger partial charge in [0.25, 0.3) is 0 Å². The second-order valence-corrected chi connectivity index (χ2v) is 6.73. The van der Waals surface area contributed by atoms with Crippen LogP contribution < -0.4 is 5.73 Å². The molecule has 1 heterocycles. The van der Waals surface area contributed by atoms with Crippen molar-refractivity contribution in [3.05, 3.63) is 71.3 Å². The van der Waals surface area contributed by atoms with Crippen molar-refractivity contribution >= 4 is 0 Å². The van der Waals surface area contributed by atoms with Crippen molar-refractivity contribution in [3.8, 4) is 0 Å². The lowest BCUT2D eigenvalue weighted by Crippen LogP contribution is -2.47. The first-order valence-electron chi connectivity index (χ1n) is 8.50. The van der Waals surface area contributed by atoms with Crippen molar-refractivity contribution in [2.45, 2.75) is 31.2 Å². The predicted molar refractivity (Wildman–Crippen MR) is 92.8 cm³/mol. The van der Waals surface area contributed by atoms with E-state index in [4.69, 9.17) is 5.73 Å². The van der Waals surface area contributed by atoms with Crippen LogP contribution in [0.25, 0.3) is 0 Å². The number of nitrogens with two attached hydrogens (primary N) is 1. The molecule has 1 aliphatic rings. The zero-order valence-corrected chi connectivity index (χ0v) is 14.0. The van der Waals surface area contributed by atoms with Gasteiger partial charge in [-0.25, -0.2) is 8.78 Å². The lowest BCUT2D eigenvalue weighted by Gasteiger charge is -2.43. The summed E-state index contributed by atoms with van der Waals surface area (Å²) in [5.74, 6) is -1.01. The highest BCUT2D eigenvalue weighted by atomic mass is 19.1. The first-order chi connectivity index (χ1) is 11.6. The SMILES string of the molecule is CC(c1ccc(F)cc1F)N1CCC(CN)(c2ccccc2)CC1. The molecule has 0 bridgehead atoms. The van der Waals surface area contributed by atoms with E-state index in [-0.39, 0.29) is 11.5 Å². The van der Waals surface area contributed by atoms with Gasteiger partial charge in [-0.1, -0.05) is 36.4 Å². The van der Waals surface area contributed by atoms with Gasteiger partial charge in [-0.3, -0.25) is 4.90 Å². The fraction of sp³-hybridized carbons (Fsp3) is 0.400. The topological polar surface area (TPSA) is 29.3 Å². The van der Waals surface area contributed by atoms with E-state index in [1.807, 2.05) is 13.0 Å². The van der Waals surface area contributed by atoms with Gasteiger partial charge < -0.3 is 5.73 Å². The Labute approximate surface area is 142 Å². The quantitative estimate of drug-likeness (QED) is 0.917. The minimum absolute atomic E-state index is 0.00117. The van der Waals surface area contributed by atoms with E-state index in [0.717, 1.165) is 32.0 Å². The largest absolute Gasteiger partial charge is 0.330 e. The van der Waals surface area contributed by atoms with E-state index in [2.05, 4.69) is 29.2 Å². The molecule has 0 saturated carbocycles. The van der Waals surface area contributed by atoms with Crippen molar-refractivity contribution in [2.24, 2.45) is 5.73 Å². The number of halogens is 2. The molecule has 24 heavy (non-hydrogen) atoms. The summed E-state index contributed by atoms with van der Waals surface area (Å²) in [5, 5.41) is 0. The number of hydrogen-bond donors (Lipinski definition) is 1. The number of nitrogens with zero attached hydrogens (tertiary/aromatic N) is 1.